The van der Waals surface area contributed by atoms with Gasteiger partial charge in [-0.25, -0.2) is 4.79 Å². The van der Waals surface area contributed by atoms with Crippen LogP contribution in [-0.2, 0) is 22.4 Å². The molecular formula is C20H17ClN2O5S. The third-order valence-electron chi connectivity index (χ3n) is 4.23. The van der Waals surface area contributed by atoms with Crippen molar-refractivity contribution in [1.82, 2.24) is 0 Å². The third-order valence-corrected chi connectivity index (χ3v) is 4.96. The molecule has 0 aliphatic heterocycles. The molecule has 3 aromatic rings. The first-order valence-electron chi connectivity index (χ1n) is 8.47. The van der Waals surface area contributed by atoms with Gasteiger partial charge in [0.15, 0.2) is 5.75 Å². The number of rotatable bonds is 8. The second-order valence-corrected chi connectivity index (χ2v) is 7.19. The number of carbonyl (C=O) groups excluding carboxylic acids is 2. The first-order chi connectivity index (χ1) is 13.9. The largest absolute Gasteiger partial charge is 0.427 e. The average Bonchev–Trinajstić information content (AvgIpc) is 2.66. The van der Waals surface area contributed by atoms with E-state index in [0.29, 0.717) is 16.5 Å². The van der Waals surface area contributed by atoms with Crippen LogP contribution in [0.25, 0.3) is 11.0 Å². The van der Waals surface area contributed by atoms with E-state index in [1.54, 1.807) is 0 Å². The Hall–Kier alpha value is -2.97. The maximum atomic E-state index is 12.7. The van der Waals surface area contributed by atoms with Gasteiger partial charge in [-0.2, -0.15) is 0 Å². The van der Waals surface area contributed by atoms with E-state index >= 15 is 0 Å². The average molecular weight is 433 g/mol. The highest BCUT2D eigenvalue weighted by atomic mass is 35.5. The standard InChI is InChI=1S/C20H17ClN2O5S/c1-29-23-12-4-2-3-11(5-12)6-15-13(8-19(22)25)14-7-16(21)18(27-10-24)9-17(14)28-20(15)26/h2-5,7,9-10,23H,6,8H2,1H3,(H2,22,25). The lowest BCUT2D eigenvalue weighted by Crippen LogP contribution is -2.19. The second-order valence-electron chi connectivity index (χ2n) is 6.17. The molecule has 29 heavy (non-hydrogen) atoms. The molecule has 0 spiro atoms. The van der Waals surface area contributed by atoms with Gasteiger partial charge in [0.2, 0.25) is 5.91 Å². The van der Waals surface area contributed by atoms with Crippen molar-refractivity contribution in [2.24, 2.45) is 5.73 Å². The van der Waals surface area contributed by atoms with Crippen molar-refractivity contribution < 1.29 is 18.7 Å². The predicted octanol–water partition coefficient (Wildman–Crippen LogP) is 3.29. The normalized spacial score (nSPS) is 10.7. The number of primary amides is 1. The molecule has 1 heterocycles. The van der Waals surface area contributed by atoms with Crippen LogP contribution in [0.5, 0.6) is 5.75 Å². The third kappa shape index (κ3) is 4.72. The molecule has 9 heteroatoms. The van der Waals surface area contributed by atoms with Gasteiger partial charge >= 0.3 is 5.63 Å². The molecule has 3 rings (SSSR count). The van der Waals surface area contributed by atoms with Gasteiger partial charge in [0.1, 0.15) is 5.58 Å². The van der Waals surface area contributed by atoms with Crippen LogP contribution in [0.3, 0.4) is 0 Å². The van der Waals surface area contributed by atoms with E-state index in [1.807, 2.05) is 30.5 Å². The van der Waals surface area contributed by atoms with E-state index in [9.17, 15) is 14.4 Å². The molecular weight excluding hydrogens is 416 g/mol. The van der Waals surface area contributed by atoms with Gasteiger partial charge in [0, 0.05) is 35.4 Å². The number of nitrogens with one attached hydrogen (secondary N) is 1. The Balaban J connectivity index is 2.17. The lowest BCUT2D eigenvalue weighted by Gasteiger charge is -2.13. The Morgan fingerprint density at radius 2 is 2.10 bits per heavy atom. The fraction of sp³-hybridized carbons (Fsp3) is 0.150. The summed E-state index contributed by atoms with van der Waals surface area (Å²) in [7, 11) is 0. The summed E-state index contributed by atoms with van der Waals surface area (Å²) in [6.07, 6.45) is 1.99. The molecule has 2 aromatic carbocycles. The topological polar surface area (TPSA) is 112 Å². The Kier molecular flexibility index (Phi) is 6.46. The van der Waals surface area contributed by atoms with Crippen LogP contribution in [0.1, 0.15) is 16.7 Å². The molecule has 1 amide bonds. The summed E-state index contributed by atoms with van der Waals surface area (Å²) < 4.78 is 13.3. The minimum Gasteiger partial charge on any atom is -0.427 e. The van der Waals surface area contributed by atoms with Gasteiger partial charge in [-0.05, 0) is 29.3 Å². The van der Waals surface area contributed by atoms with Crippen molar-refractivity contribution in [3.63, 3.8) is 0 Å². The summed E-state index contributed by atoms with van der Waals surface area (Å²) in [6, 6.07) is 10.4. The number of halogens is 1. The van der Waals surface area contributed by atoms with E-state index in [-0.39, 0.29) is 35.7 Å². The maximum absolute atomic E-state index is 12.7. The van der Waals surface area contributed by atoms with Crippen LogP contribution < -0.4 is 20.8 Å². The Morgan fingerprint density at radius 3 is 2.79 bits per heavy atom. The van der Waals surface area contributed by atoms with Crippen LogP contribution in [0.15, 0.2) is 45.6 Å². The SMILES string of the molecule is CSNc1cccc(Cc2c(CC(N)=O)c3cc(Cl)c(OC=O)cc3oc2=O)c1. The first kappa shape index (κ1) is 20.8. The van der Waals surface area contributed by atoms with Gasteiger partial charge in [0.25, 0.3) is 6.47 Å². The number of hydrogen-bond donors (Lipinski definition) is 2. The quantitative estimate of drug-likeness (QED) is 0.319. The lowest BCUT2D eigenvalue weighted by atomic mass is 9.96. The highest BCUT2D eigenvalue weighted by molar-refractivity contribution is 7.99. The summed E-state index contributed by atoms with van der Waals surface area (Å²) in [5, 5.41) is 0.598. The predicted molar refractivity (Wildman–Crippen MR) is 113 cm³/mol. The molecule has 0 aliphatic rings. The smallest absolute Gasteiger partial charge is 0.340 e. The molecule has 0 aliphatic carbocycles. The number of carbonyl (C=O) groups is 2. The minimum atomic E-state index is -0.601. The van der Waals surface area contributed by atoms with Crippen molar-refractivity contribution in [3.05, 3.63) is 68.5 Å². The Labute approximate surface area is 175 Å². The number of benzene rings is 2. The highest BCUT2D eigenvalue weighted by Gasteiger charge is 2.19. The molecule has 0 atom stereocenters. The molecule has 7 nitrogen and oxygen atoms in total. The van der Waals surface area contributed by atoms with Gasteiger partial charge in [-0.1, -0.05) is 35.7 Å². The molecule has 0 saturated heterocycles. The van der Waals surface area contributed by atoms with Gasteiger partial charge in [-0.15, -0.1) is 0 Å². The number of nitrogens with two attached hydrogens (primary N) is 1. The van der Waals surface area contributed by atoms with E-state index in [1.165, 1.54) is 24.1 Å². The lowest BCUT2D eigenvalue weighted by molar-refractivity contribution is -0.120. The monoisotopic (exact) mass is 432 g/mol. The van der Waals surface area contributed by atoms with E-state index in [0.717, 1.165) is 11.3 Å². The minimum absolute atomic E-state index is 0.0472. The molecule has 1 aromatic heterocycles. The van der Waals surface area contributed by atoms with Crippen molar-refractivity contribution in [3.8, 4) is 5.75 Å². The van der Waals surface area contributed by atoms with E-state index < -0.39 is 11.5 Å². The summed E-state index contributed by atoms with van der Waals surface area (Å²) in [5.41, 5.74) is 7.46. The van der Waals surface area contributed by atoms with Crippen LogP contribution in [0, 0.1) is 0 Å². The highest BCUT2D eigenvalue weighted by Crippen LogP contribution is 2.32. The van der Waals surface area contributed by atoms with Crippen molar-refractivity contribution in [2.45, 2.75) is 12.8 Å². The molecule has 0 bridgehead atoms. The number of hydrogen-bond acceptors (Lipinski definition) is 7. The summed E-state index contributed by atoms with van der Waals surface area (Å²) in [5.74, 6) is -0.550. The van der Waals surface area contributed by atoms with E-state index in [4.69, 9.17) is 26.5 Å². The number of amides is 1. The molecule has 0 unspecified atom stereocenters. The fourth-order valence-electron chi connectivity index (χ4n) is 3.07. The van der Waals surface area contributed by atoms with Crippen LogP contribution >= 0.6 is 23.5 Å². The van der Waals surface area contributed by atoms with Crippen LogP contribution in [-0.4, -0.2) is 18.6 Å². The van der Waals surface area contributed by atoms with Crippen molar-refractivity contribution >= 4 is 52.6 Å². The number of fused-ring (bicyclic) bond motifs is 1. The van der Waals surface area contributed by atoms with Crippen LogP contribution in [0.2, 0.25) is 5.02 Å². The van der Waals surface area contributed by atoms with E-state index in [2.05, 4.69) is 4.72 Å². The summed E-state index contributed by atoms with van der Waals surface area (Å²) in [4.78, 5) is 35.0. The summed E-state index contributed by atoms with van der Waals surface area (Å²) in [6.45, 7) is 0.222. The summed E-state index contributed by atoms with van der Waals surface area (Å²) >= 11 is 7.62. The zero-order valence-corrected chi connectivity index (χ0v) is 16.9. The van der Waals surface area contributed by atoms with Gasteiger partial charge < -0.3 is 19.6 Å². The molecule has 3 N–H and O–H groups in total. The Bertz CT molecular complexity index is 1150. The zero-order chi connectivity index (χ0) is 21.0. The number of ether oxygens (including phenoxy) is 1. The zero-order valence-electron chi connectivity index (χ0n) is 15.4. The molecule has 0 saturated carbocycles. The Morgan fingerprint density at radius 1 is 1.31 bits per heavy atom. The van der Waals surface area contributed by atoms with Crippen molar-refractivity contribution in [2.75, 3.05) is 11.0 Å². The molecule has 0 fully saturated rings. The van der Waals surface area contributed by atoms with Gasteiger partial charge in [-0.3, -0.25) is 9.59 Å². The molecule has 150 valence electrons. The maximum Gasteiger partial charge on any atom is 0.340 e. The van der Waals surface area contributed by atoms with Crippen LogP contribution in [0.4, 0.5) is 5.69 Å². The fourth-order valence-corrected chi connectivity index (χ4v) is 3.64. The van der Waals surface area contributed by atoms with Crippen molar-refractivity contribution in [1.29, 1.82) is 0 Å². The number of anilines is 1. The second kappa shape index (κ2) is 9.02. The molecule has 0 radical (unpaired) electrons. The first-order valence-corrected chi connectivity index (χ1v) is 10.1. The van der Waals surface area contributed by atoms with Gasteiger partial charge in [0.05, 0.1) is 11.4 Å².